The van der Waals surface area contributed by atoms with E-state index in [1.54, 1.807) is 11.3 Å². The van der Waals surface area contributed by atoms with Gasteiger partial charge in [0.15, 0.2) is 0 Å². The molecule has 1 unspecified atom stereocenters. The number of aryl methyl sites for hydroxylation is 1. The number of hydrogen-bond donors (Lipinski definition) is 0. The number of hydrogen-bond acceptors (Lipinski definition) is 6. The first-order valence-corrected chi connectivity index (χ1v) is 7.30. The first-order valence-electron chi connectivity index (χ1n) is 6.42. The summed E-state index contributed by atoms with van der Waals surface area (Å²) < 4.78 is 10.3. The highest BCUT2D eigenvalue weighted by molar-refractivity contribution is 7.10. The van der Waals surface area contributed by atoms with Crippen LogP contribution in [0.2, 0.25) is 0 Å². The second kappa shape index (κ2) is 5.72. The van der Waals surface area contributed by atoms with Crippen molar-refractivity contribution in [2.75, 3.05) is 19.7 Å². The molecule has 3 rings (SSSR count). The largest absolute Gasteiger partial charge is 0.366 e. The highest BCUT2D eigenvalue weighted by Gasteiger charge is 2.28. The van der Waals surface area contributed by atoms with Crippen molar-refractivity contribution in [3.63, 3.8) is 0 Å². The van der Waals surface area contributed by atoms with Crippen molar-refractivity contribution < 1.29 is 14.1 Å². The van der Waals surface area contributed by atoms with E-state index in [0.717, 1.165) is 5.56 Å². The zero-order valence-corrected chi connectivity index (χ0v) is 11.9. The molecule has 2 aromatic rings. The zero-order valence-electron chi connectivity index (χ0n) is 11.1. The number of rotatable bonds is 3. The molecule has 0 bridgehead atoms. The van der Waals surface area contributed by atoms with Gasteiger partial charge >= 0.3 is 0 Å². The lowest BCUT2D eigenvalue weighted by Crippen LogP contribution is -2.43. The Morgan fingerprint density at radius 3 is 3.20 bits per heavy atom. The van der Waals surface area contributed by atoms with Gasteiger partial charge in [0, 0.05) is 11.4 Å². The molecule has 0 radical (unpaired) electrons. The molecule has 0 spiro atoms. The Bertz CT molecular complexity index is 581. The van der Waals surface area contributed by atoms with Crippen LogP contribution in [0.5, 0.6) is 0 Å². The van der Waals surface area contributed by atoms with Gasteiger partial charge in [-0.05, 0) is 23.9 Å². The summed E-state index contributed by atoms with van der Waals surface area (Å²) in [6.45, 7) is 3.61. The predicted molar refractivity (Wildman–Crippen MR) is 72.3 cm³/mol. The third-order valence-electron chi connectivity index (χ3n) is 3.39. The summed E-state index contributed by atoms with van der Waals surface area (Å²) in [6, 6.07) is 2.01. The highest BCUT2D eigenvalue weighted by Crippen LogP contribution is 2.21. The monoisotopic (exact) mass is 293 g/mol. The topological polar surface area (TPSA) is 68.5 Å². The van der Waals surface area contributed by atoms with E-state index in [9.17, 15) is 4.79 Å². The van der Waals surface area contributed by atoms with Crippen LogP contribution in [0.1, 0.15) is 22.4 Å². The van der Waals surface area contributed by atoms with Gasteiger partial charge in [-0.2, -0.15) is 4.98 Å². The van der Waals surface area contributed by atoms with Crippen LogP contribution in [0, 0.1) is 6.92 Å². The summed E-state index contributed by atoms with van der Waals surface area (Å²) in [5.41, 5.74) is 1.10. The van der Waals surface area contributed by atoms with E-state index < -0.39 is 0 Å². The van der Waals surface area contributed by atoms with Crippen molar-refractivity contribution in [3.8, 4) is 0 Å². The van der Waals surface area contributed by atoms with Crippen molar-refractivity contribution in [3.05, 3.63) is 34.1 Å². The molecule has 1 aliphatic heterocycles. The Morgan fingerprint density at radius 2 is 2.50 bits per heavy atom. The van der Waals surface area contributed by atoms with Crippen LogP contribution in [0.15, 0.2) is 22.4 Å². The molecule has 0 N–H and O–H groups in total. The van der Waals surface area contributed by atoms with E-state index in [4.69, 9.17) is 9.26 Å². The maximum atomic E-state index is 12.3. The molecule has 3 heterocycles. The van der Waals surface area contributed by atoms with Crippen molar-refractivity contribution in [1.29, 1.82) is 0 Å². The first-order chi connectivity index (χ1) is 9.74. The maximum Gasteiger partial charge on any atom is 0.227 e. The minimum Gasteiger partial charge on any atom is -0.366 e. The predicted octanol–water partition coefficient (Wildman–Crippen LogP) is 1.58. The normalized spacial score (nSPS) is 19.2. The van der Waals surface area contributed by atoms with Gasteiger partial charge in [-0.1, -0.05) is 5.16 Å². The number of aromatic nitrogens is 2. The quantitative estimate of drug-likeness (QED) is 0.859. The lowest BCUT2D eigenvalue weighted by molar-refractivity contribution is -0.138. The van der Waals surface area contributed by atoms with Gasteiger partial charge in [0.25, 0.3) is 0 Å². The zero-order chi connectivity index (χ0) is 13.9. The number of morpholine rings is 1. The summed E-state index contributed by atoms with van der Waals surface area (Å²) in [5.74, 6) is 0.609. The summed E-state index contributed by atoms with van der Waals surface area (Å²) in [4.78, 5) is 19.3. The van der Waals surface area contributed by atoms with Gasteiger partial charge in [0.05, 0.1) is 19.6 Å². The van der Waals surface area contributed by atoms with E-state index in [-0.39, 0.29) is 12.0 Å². The number of thiophene rings is 1. The van der Waals surface area contributed by atoms with Gasteiger partial charge in [0.1, 0.15) is 6.10 Å². The fourth-order valence-electron chi connectivity index (χ4n) is 2.22. The fraction of sp³-hybridized carbons (Fsp3) is 0.462. The lowest BCUT2D eigenvalue weighted by Gasteiger charge is -2.31. The van der Waals surface area contributed by atoms with E-state index in [1.165, 1.54) is 11.3 Å². The summed E-state index contributed by atoms with van der Waals surface area (Å²) in [7, 11) is 0. The van der Waals surface area contributed by atoms with E-state index in [0.29, 0.717) is 31.9 Å². The van der Waals surface area contributed by atoms with Gasteiger partial charge in [-0.25, -0.2) is 0 Å². The minimum atomic E-state index is -0.296. The molecular formula is C13H15N3O3S. The second-order valence-corrected chi connectivity index (χ2v) is 5.79. The minimum absolute atomic E-state index is 0.114. The molecule has 0 saturated carbocycles. The Hall–Kier alpha value is -1.73. The average molecular weight is 293 g/mol. The van der Waals surface area contributed by atoms with Gasteiger partial charge < -0.3 is 14.2 Å². The fourth-order valence-corrected chi connectivity index (χ4v) is 2.95. The first kappa shape index (κ1) is 13.3. The molecule has 7 heteroatoms. The molecule has 106 valence electrons. The molecule has 6 nitrogen and oxygen atoms in total. The molecule has 1 aliphatic rings. The van der Waals surface area contributed by atoms with Crippen LogP contribution < -0.4 is 0 Å². The number of amides is 1. The van der Waals surface area contributed by atoms with Crippen LogP contribution in [0.4, 0.5) is 0 Å². The molecule has 1 atom stereocenters. The maximum absolute atomic E-state index is 12.3. The molecule has 20 heavy (non-hydrogen) atoms. The Morgan fingerprint density at radius 1 is 1.60 bits per heavy atom. The summed E-state index contributed by atoms with van der Waals surface area (Å²) in [5, 5.41) is 5.79. The molecular weight excluding hydrogens is 278 g/mol. The average Bonchev–Trinajstić information content (AvgIpc) is 3.12. The third kappa shape index (κ3) is 2.73. The van der Waals surface area contributed by atoms with Crippen molar-refractivity contribution in [2.45, 2.75) is 19.4 Å². The van der Waals surface area contributed by atoms with Crippen LogP contribution >= 0.6 is 11.3 Å². The SMILES string of the molecule is Cc1sccc1CC(=O)N1CCOC(c2ncon2)C1. The van der Waals surface area contributed by atoms with Crippen LogP contribution in [-0.2, 0) is 16.0 Å². The van der Waals surface area contributed by atoms with E-state index >= 15 is 0 Å². The molecule has 1 saturated heterocycles. The lowest BCUT2D eigenvalue weighted by atomic mass is 10.1. The molecule has 0 aliphatic carbocycles. The molecule has 1 fully saturated rings. The Kier molecular flexibility index (Phi) is 3.79. The number of carbonyl (C=O) groups excluding carboxylic acids is 1. The van der Waals surface area contributed by atoms with Crippen molar-refractivity contribution >= 4 is 17.2 Å². The Balaban J connectivity index is 1.65. The standard InChI is InChI=1S/C13H15N3O3S/c1-9-10(2-5-20-9)6-12(17)16-3-4-18-11(7-16)13-14-8-19-15-13/h2,5,8,11H,3-4,6-7H2,1H3. The van der Waals surface area contributed by atoms with Crippen LogP contribution in [0.25, 0.3) is 0 Å². The highest BCUT2D eigenvalue weighted by atomic mass is 32.1. The van der Waals surface area contributed by atoms with Crippen LogP contribution in [0.3, 0.4) is 0 Å². The van der Waals surface area contributed by atoms with Crippen molar-refractivity contribution in [2.24, 2.45) is 0 Å². The van der Waals surface area contributed by atoms with Gasteiger partial charge in [-0.15, -0.1) is 11.3 Å². The molecule has 2 aromatic heterocycles. The van der Waals surface area contributed by atoms with Crippen molar-refractivity contribution in [1.82, 2.24) is 15.0 Å². The summed E-state index contributed by atoms with van der Waals surface area (Å²) >= 11 is 1.66. The molecule has 0 aromatic carbocycles. The Labute approximate surface area is 120 Å². The van der Waals surface area contributed by atoms with Gasteiger partial charge in [0.2, 0.25) is 18.1 Å². The second-order valence-electron chi connectivity index (χ2n) is 4.67. The number of ether oxygens (including phenoxy) is 1. The number of nitrogens with zero attached hydrogens (tertiary/aromatic N) is 3. The molecule has 1 amide bonds. The van der Waals surface area contributed by atoms with Crippen LogP contribution in [-0.4, -0.2) is 40.6 Å². The summed E-state index contributed by atoms with van der Waals surface area (Å²) in [6.07, 6.45) is 1.41. The number of carbonyl (C=O) groups is 1. The van der Waals surface area contributed by atoms with E-state index in [1.807, 2.05) is 23.3 Å². The van der Waals surface area contributed by atoms with E-state index in [2.05, 4.69) is 10.1 Å². The third-order valence-corrected chi connectivity index (χ3v) is 4.28. The van der Waals surface area contributed by atoms with Gasteiger partial charge in [-0.3, -0.25) is 4.79 Å². The smallest absolute Gasteiger partial charge is 0.227 e.